The first kappa shape index (κ1) is 30.2. The van der Waals surface area contributed by atoms with Crippen LogP contribution in [-0.2, 0) is 6.42 Å². The number of aryl methyl sites for hydroxylation is 1. The topological polar surface area (TPSA) is 33.0 Å². The van der Waals surface area contributed by atoms with Crippen LogP contribution >= 0.6 is 0 Å². The van der Waals surface area contributed by atoms with Gasteiger partial charge in [-0.2, -0.15) is 5.26 Å². The molecule has 3 rings (SSSR count). The van der Waals surface area contributed by atoms with E-state index in [0.717, 1.165) is 24.3 Å². The summed E-state index contributed by atoms with van der Waals surface area (Å²) in [6.45, 7) is 4.46. The van der Waals surface area contributed by atoms with Crippen LogP contribution in [-0.4, -0.2) is 7.11 Å². The molecule has 0 heterocycles. The lowest BCUT2D eigenvalue weighted by molar-refractivity contribution is 0.302. The molecule has 0 atom stereocenters. The van der Waals surface area contributed by atoms with E-state index in [4.69, 9.17) is 4.74 Å². The van der Waals surface area contributed by atoms with Crippen molar-refractivity contribution in [2.75, 3.05) is 7.11 Å². The monoisotopic (exact) mass is 519 g/mol. The number of ether oxygens (including phenoxy) is 1. The van der Waals surface area contributed by atoms with E-state index in [-0.39, 0.29) is 11.6 Å². The van der Waals surface area contributed by atoms with Crippen LogP contribution in [0.3, 0.4) is 0 Å². The molecular weight excluding hydrogens is 469 g/mol. The third-order valence-electron chi connectivity index (χ3n) is 8.67. The highest BCUT2D eigenvalue weighted by molar-refractivity contribution is 5.77. The van der Waals surface area contributed by atoms with Gasteiger partial charge in [-0.25, -0.2) is 4.39 Å². The lowest BCUT2D eigenvalue weighted by Crippen LogP contribution is -2.13. The molecule has 0 aromatic heterocycles. The molecule has 0 saturated heterocycles. The van der Waals surface area contributed by atoms with Crippen LogP contribution in [0.15, 0.2) is 30.3 Å². The molecule has 1 saturated carbocycles. The molecule has 0 aliphatic heterocycles. The van der Waals surface area contributed by atoms with E-state index < -0.39 is 0 Å². The van der Waals surface area contributed by atoms with Crippen molar-refractivity contribution < 1.29 is 9.13 Å². The fourth-order valence-corrected chi connectivity index (χ4v) is 6.26. The molecule has 2 nitrogen and oxygen atoms in total. The smallest absolute Gasteiger partial charge is 0.168 e. The number of halogens is 1. The average Bonchev–Trinajstić information content (AvgIpc) is 2.95. The lowest BCUT2D eigenvalue weighted by atomic mass is 9.76. The Morgan fingerprint density at radius 2 is 1.45 bits per heavy atom. The molecule has 0 spiro atoms. The fourth-order valence-electron chi connectivity index (χ4n) is 6.26. The number of benzene rings is 2. The van der Waals surface area contributed by atoms with Gasteiger partial charge in [0, 0.05) is 11.1 Å². The first-order chi connectivity index (χ1) is 18.6. The maximum atomic E-state index is 15.3. The number of nitrogens with zero attached hydrogens (tertiary/aromatic N) is 1. The Hall–Kier alpha value is -2.34. The van der Waals surface area contributed by atoms with Gasteiger partial charge in [0.1, 0.15) is 0 Å². The normalized spacial score (nSPS) is 17.3. The summed E-state index contributed by atoms with van der Waals surface area (Å²) in [4.78, 5) is 0. The highest BCUT2D eigenvalue weighted by atomic mass is 19.1. The molecule has 0 amide bonds. The first-order valence-corrected chi connectivity index (χ1v) is 15.5. The van der Waals surface area contributed by atoms with Crippen molar-refractivity contribution in [2.24, 2.45) is 5.92 Å². The molecule has 1 fully saturated rings. The Morgan fingerprint density at radius 3 is 2.11 bits per heavy atom. The standard InChI is InChI=1S/C35H50FNO/c1-4-6-8-10-11-12-13-15-27-17-19-28(20-18-27)30-22-23-32(31(25-30)26-37)33-24-21-29(16-14-9-7-5-2)34(36)35(33)38-3/h21-25,27-28H,4-20H2,1-3H3. The summed E-state index contributed by atoms with van der Waals surface area (Å²) in [5, 5.41) is 10.0. The molecule has 0 N–H and O–H groups in total. The van der Waals surface area contributed by atoms with Gasteiger partial charge in [-0.15, -0.1) is 0 Å². The number of hydrogen-bond donors (Lipinski definition) is 0. The number of rotatable bonds is 16. The zero-order valence-electron chi connectivity index (χ0n) is 24.3. The van der Waals surface area contributed by atoms with Gasteiger partial charge < -0.3 is 4.74 Å². The van der Waals surface area contributed by atoms with Crippen molar-refractivity contribution in [3.8, 4) is 22.9 Å². The number of methoxy groups -OCH3 is 1. The second kappa shape index (κ2) is 16.6. The van der Waals surface area contributed by atoms with Gasteiger partial charge in [-0.3, -0.25) is 0 Å². The predicted octanol–water partition coefficient (Wildman–Crippen LogP) is 10.9. The van der Waals surface area contributed by atoms with Gasteiger partial charge in [-0.05, 0) is 67.6 Å². The summed E-state index contributed by atoms with van der Waals surface area (Å²) in [6.07, 6.45) is 21.2. The molecule has 2 aromatic rings. The largest absolute Gasteiger partial charge is 0.493 e. The fraction of sp³-hybridized carbons (Fsp3) is 0.629. The SMILES string of the molecule is CCCCCCCCCC1CCC(c2ccc(-c3ccc(CCCCCC)c(F)c3OC)c(C#N)c2)CC1. The van der Waals surface area contributed by atoms with Gasteiger partial charge in [0.25, 0.3) is 0 Å². The van der Waals surface area contributed by atoms with Gasteiger partial charge in [0.15, 0.2) is 11.6 Å². The van der Waals surface area contributed by atoms with Crippen LogP contribution in [0.2, 0.25) is 0 Å². The van der Waals surface area contributed by atoms with Gasteiger partial charge >= 0.3 is 0 Å². The molecule has 208 valence electrons. The number of nitriles is 1. The molecule has 2 aromatic carbocycles. The van der Waals surface area contributed by atoms with E-state index in [1.807, 2.05) is 24.3 Å². The minimum Gasteiger partial charge on any atom is -0.493 e. The predicted molar refractivity (Wildman–Crippen MR) is 158 cm³/mol. The lowest BCUT2D eigenvalue weighted by Gasteiger charge is -2.29. The van der Waals surface area contributed by atoms with E-state index in [1.165, 1.54) is 103 Å². The average molecular weight is 520 g/mol. The molecule has 1 aliphatic carbocycles. The Balaban J connectivity index is 1.60. The number of unbranched alkanes of at least 4 members (excludes halogenated alkanes) is 9. The second-order valence-corrected chi connectivity index (χ2v) is 11.5. The quantitative estimate of drug-likeness (QED) is 0.207. The summed E-state index contributed by atoms with van der Waals surface area (Å²) in [5.74, 6) is 1.36. The summed E-state index contributed by atoms with van der Waals surface area (Å²) in [5.41, 5.74) is 4.00. The first-order valence-electron chi connectivity index (χ1n) is 15.5. The van der Waals surface area contributed by atoms with Crippen molar-refractivity contribution in [1.82, 2.24) is 0 Å². The van der Waals surface area contributed by atoms with Crippen molar-refractivity contribution >= 4 is 0 Å². The Kier molecular flexibility index (Phi) is 13.2. The summed E-state index contributed by atoms with van der Waals surface area (Å²) >= 11 is 0. The van der Waals surface area contributed by atoms with Crippen LogP contribution in [0, 0.1) is 23.1 Å². The number of hydrogen-bond acceptors (Lipinski definition) is 2. The van der Waals surface area contributed by atoms with Crippen molar-refractivity contribution in [1.29, 1.82) is 5.26 Å². The second-order valence-electron chi connectivity index (χ2n) is 11.5. The van der Waals surface area contributed by atoms with E-state index in [2.05, 4.69) is 26.0 Å². The molecule has 38 heavy (non-hydrogen) atoms. The zero-order chi connectivity index (χ0) is 27.2. The van der Waals surface area contributed by atoms with Crippen molar-refractivity contribution in [3.63, 3.8) is 0 Å². The maximum absolute atomic E-state index is 15.3. The van der Waals surface area contributed by atoms with E-state index in [9.17, 15) is 5.26 Å². The van der Waals surface area contributed by atoms with E-state index in [1.54, 1.807) is 0 Å². The third-order valence-corrected chi connectivity index (χ3v) is 8.67. The Labute approximate surface area is 232 Å². The zero-order valence-corrected chi connectivity index (χ0v) is 24.3. The Morgan fingerprint density at radius 1 is 0.816 bits per heavy atom. The van der Waals surface area contributed by atoms with Gasteiger partial charge in [0.2, 0.25) is 0 Å². The minimum absolute atomic E-state index is 0.258. The minimum atomic E-state index is -0.284. The molecule has 3 heteroatoms. The molecular formula is C35H50FNO. The van der Waals surface area contributed by atoms with Crippen LogP contribution in [0.4, 0.5) is 4.39 Å². The highest BCUT2D eigenvalue weighted by Gasteiger charge is 2.24. The Bertz CT molecular complexity index is 1020. The van der Waals surface area contributed by atoms with Crippen LogP contribution in [0.1, 0.15) is 139 Å². The van der Waals surface area contributed by atoms with Gasteiger partial charge in [-0.1, -0.05) is 109 Å². The molecule has 0 unspecified atom stereocenters. The van der Waals surface area contributed by atoms with Crippen LogP contribution in [0.5, 0.6) is 5.75 Å². The summed E-state index contributed by atoms with van der Waals surface area (Å²) in [7, 11) is 1.52. The molecule has 1 aliphatic rings. The maximum Gasteiger partial charge on any atom is 0.168 e. The summed E-state index contributed by atoms with van der Waals surface area (Å²) < 4.78 is 20.9. The molecule has 0 bridgehead atoms. The molecule has 0 radical (unpaired) electrons. The van der Waals surface area contributed by atoms with Crippen LogP contribution in [0.25, 0.3) is 11.1 Å². The van der Waals surface area contributed by atoms with Crippen LogP contribution < -0.4 is 4.74 Å². The van der Waals surface area contributed by atoms with E-state index in [0.29, 0.717) is 29.0 Å². The van der Waals surface area contributed by atoms with Gasteiger partial charge in [0.05, 0.1) is 18.7 Å². The van der Waals surface area contributed by atoms with Crippen molar-refractivity contribution in [3.05, 3.63) is 52.8 Å². The highest BCUT2D eigenvalue weighted by Crippen LogP contribution is 2.41. The van der Waals surface area contributed by atoms with E-state index >= 15 is 4.39 Å². The third kappa shape index (κ3) is 8.59. The van der Waals surface area contributed by atoms with Crippen molar-refractivity contribution in [2.45, 2.75) is 129 Å². The summed E-state index contributed by atoms with van der Waals surface area (Å²) in [6, 6.07) is 12.4.